The molecule has 2 heterocycles. The molecule has 2 aromatic heterocycles. The van der Waals surface area contributed by atoms with Crippen LogP contribution < -0.4 is 5.32 Å². The van der Waals surface area contributed by atoms with E-state index in [1.165, 1.54) is 11.3 Å². The zero-order valence-corrected chi connectivity index (χ0v) is 14.5. The molecule has 7 heteroatoms. The van der Waals surface area contributed by atoms with Gasteiger partial charge in [-0.1, -0.05) is 46.8 Å². The predicted molar refractivity (Wildman–Crippen MR) is 99.3 cm³/mol. The molecule has 0 unspecified atom stereocenters. The largest absolute Gasteiger partial charge is 0.355 e. The van der Waals surface area contributed by atoms with Crippen molar-refractivity contribution in [2.75, 3.05) is 5.32 Å². The third kappa shape index (κ3) is 2.76. The van der Waals surface area contributed by atoms with Gasteiger partial charge in [0.15, 0.2) is 5.76 Å². The van der Waals surface area contributed by atoms with Crippen molar-refractivity contribution >= 4 is 33.3 Å². The average molecular weight is 362 g/mol. The summed E-state index contributed by atoms with van der Waals surface area (Å²) in [5, 5.41) is 17.5. The highest BCUT2D eigenvalue weighted by atomic mass is 32.1. The highest BCUT2D eigenvalue weighted by Gasteiger charge is 2.27. The first-order chi connectivity index (χ1) is 12.8. The number of rotatable bonds is 4. The van der Waals surface area contributed by atoms with Crippen LogP contribution >= 0.6 is 11.3 Å². The van der Waals surface area contributed by atoms with Gasteiger partial charge >= 0.3 is 0 Å². The standard InChI is InChI=1S/C19H14N4O2S/c24-17(20-19-22-21-18(26-19)12-6-7-12)13-8-9-15-14(10-13)16(25-23-15)11-4-2-1-3-5-11/h1-5,8-10,12H,6-7H2,(H,20,22,24). The van der Waals surface area contributed by atoms with Gasteiger partial charge in [0.2, 0.25) is 5.13 Å². The number of amides is 1. The van der Waals surface area contributed by atoms with E-state index >= 15 is 0 Å². The van der Waals surface area contributed by atoms with Crippen molar-refractivity contribution in [1.82, 2.24) is 15.4 Å². The van der Waals surface area contributed by atoms with Crippen LogP contribution in [0.15, 0.2) is 53.1 Å². The van der Waals surface area contributed by atoms with Gasteiger partial charge in [-0.25, -0.2) is 0 Å². The van der Waals surface area contributed by atoms with E-state index in [2.05, 4.69) is 20.7 Å². The van der Waals surface area contributed by atoms with Crippen molar-refractivity contribution in [2.45, 2.75) is 18.8 Å². The summed E-state index contributed by atoms with van der Waals surface area (Å²) in [6.45, 7) is 0. The van der Waals surface area contributed by atoms with Crippen LogP contribution in [0.1, 0.15) is 34.1 Å². The van der Waals surface area contributed by atoms with E-state index in [1.54, 1.807) is 18.2 Å². The smallest absolute Gasteiger partial charge is 0.257 e. The second-order valence-corrected chi connectivity index (χ2v) is 7.29. The molecule has 1 aliphatic carbocycles. The Morgan fingerprint density at radius 3 is 2.77 bits per heavy atom. The number of carbonyl (C=O) groups excluding carboxylic acids is 1. The zero-order valence-electron chi connectivity index (χ0n) is 13.7. The second kappa shape index (κ2) is 6.03. The maximum atomic E-state index is 12.6. The summed E-state index contributed by atoms with van der Waals surface area (Å²) in [7, 11) is 0. The molecule has 5 rings (SSSR count). The Bertz CT molecular complexity index is 1100. The Hall–Kier alpha value is -3.06. The van der Waals surface area contributed by atoms with E-state index in [0.717, 1.165) is 28.8 Å². The van der Waals surface area contributed by atoms with Gasteiger partial charge in [0, 0.05) is 17.0 Å². The molecule has 0 saturated heterocycles. The van der Waals surface area contributed by atoms with Gasteiger partial charge in [-0.15, -0.1) is 10.2 Å². The van der Waals surface area contributed by atoms with Crippen LogP contribution in [0, 0.1) is 0 Å². The second-order valence-electron chi connectivity index (χ2n) is 6.28. The number of carbonyl (C=O) groups is 1. The lowest BCUT2D eigenvalue weighted by Crippen LogP contribution is -2.11. The van der Waals surface area contributed by atoms with Crippen LogP contribution in [0.3, 0.4) is 0 Å². The van der Waals surface area contributed by atoms with Crippen molar-refractivity contribution in [3.63, 3.8) is 0 Å². The van der Waals surface area contributed by atoms with Crippen molar-refractivity contribution < 1.29 is 9.32 Å². The molecule has 2 aromatic carbocycles. The molecule has 1 N–H and O–H groups in total. The van der Waals surface area contributed by atoms with Crippen molar-refractivity contribution in [1.29, 1.82) is 0 Å². The van der Waals surface area contributed by atoms with Gasteiger partial charge < -0.3 is 4.52 Å². The number of benzene rings is 2. The highest BCUT2D eigenvalue weighted by molar-refractivity contribution is 7.15. The fraction of sp³-hybridized carbons (Fsp3) is 0.158. The topological polar surface area (TPSA) is 80.9 Å². The molecule has 1 fully saturated rings. The molecule has 0 atom stereocenters. The highest BCUT2D eigenvalue weighted by Crippen LogP contribution is 2.42. The van der Waals surface area contributed by atoms with Crippen molar-refractivity contribution in [2.24, 2.45) is 0 Å². The molecule has 6 nitrogen and oxygen atoms in total. The van der Waals surface area contributed by atoms with Gasteiger partial charge in [0.1, 0.15) is 10.5 Å². The van der Waals surface area contributed by atoms with Crippen LogP contribution in [-0.4, -0.2) is 21.3 Å². The summed E-state index contributed by atoms with van der Waals surface area (Å²) in [5.74, 6) is 0.965. The van der Waals surface area contributed by atoms with E-state index < -0.39 is 0 Å². The predicted octanol–water partition coefficient (Wildman–Crippen LogP) is 4.48. The fourth-order valence-corrected chi connectivity index (χ4v) is 3.74. The molecule has 0 bridgehead atoms. The van der Waals surface area contributed by atoms with E-state index in [0.29, 0.717) is 27.9 Å². The number of fused-ring (bicyclic) bond motifs is 1. The molecule has 0 radical (unpaired) electrons. The number of aromatic nitrogens is 3. The molecule has 26 heavy (non-hydrogen) atoms. The lowest BCUT2D eigenvalue weighted by Gasteiger charge is -2.02. The van der Waals surface area contributed by atoms with E-state index in [1.807, 2.05) is 30.3 Å². The maximum Gasteiger partial charge on any atom is 0.257 e. The Morgan fingerprint density at radius 1 is 1.12 bits per heavy atom. The normalized spacial score (nSPS) is 13.8. The molecule has 4 aromatic rings. The van der Waals surface area contributed by atoms with Crippen LogP contribution in [0.4, 0.5) is 5.13 Å². The first-order valence-corrected chi connectivity index (χ1v) is 9.19. The lowest BCUT2D eigenvalue weighted by atomic mass is 10.1. The first kappa shape index (κ1) is 15.2. The fourth-order valence-electron chi connectivity index (χ4n) is 2.83. The van der Waals surface area contributed by atoms with Gasteiger partial charge in [-0.3, -0.25) is 10.1 Å². The minimum absolute atomic E-state index is 0.217. The Labute approximate surface area is 152 Å². The SMILES string of the molecule is O=C(Nc1nnc(C2CC2)s1)c1ccc2noc(-c3ccccc3)c2c1. The summed E-state index contributed by atoms with van der Waals surface area (Å²) >= 11 is 1.45. The molecule has 1 saturated carbocycles. The van der Waals surface area contributed by atoms with Crippen LogP contribution in [0.25, 0.3) is 22.2 Å². The zero-order chi connectivity index (χ0) is 17.5. The Kier molecular flexibility index (Phi) is 3.53. The number of hydrogen-bond donors (Lipinski definition) is 1. The molecule has 1 aliphatic rings. The van der Waals surface area contributed by atoms with E-state index in [-0.39, 0.29) is 5.91 Å². The average Bonchev–Trinajstić information content (AvgIpc) is 3.27. The quantitative estimate of drug-likeness (QED) is 0.579. The molecule has 1 amide bonds. The van der Waals surface area contributed by atoms with Gasteiger partial charge in [-0.2, -0.15) is 0 Å². The molecule has 0 spiro atoms. The van der Waals surface area contributed by atoms with Crippen molar-refractivity contribution in [3.8, 4) is 11.3 Å². The Morgan fingerprint density at radius 2 is 1.96 bits per heavy atom. The van der Waals surface area contributed by atoms with Gasteiger partial charge in [0.05, 0.1) is 5.39 Å². The number of anilines is 1. The van der Waals surface area contributed by atoms with Crippen molar-refractivity contribution in [3.05, 3.63) is 59.1 Å². The minimum Gasteiger partial charge on any atom is -0.355 e. The van der Waals surface area contributed by atoms with Gasteiger partial charge in [-0.05, 0) is 31.0 Å². The number of nitrogens with zero attached hydrogens (tertiary/aromatic N) is 3. The summed E-state index contributed by atoms with van der Waals surface area (Å²) in [6.07, 6.45) is 2.32. The van der Waals surface area contributed by atoms with E-state index in [9.17, 15) is 4.79 Å². The van der Waals surface area contributed by atoms with Gasteiger partial charge in [0.25, 0.3) is 5.91 Å². The summed E-state index contributed by atoms with van der Waals surface area (Å²) in [6, 6.07) is 15.0. The maximum absolute atomic E-state index is 12.6. The summed E-state index contributed by atoms with van der Waals surface area (Å²) in [4.78, 5) is 12.6. The lowest BCUT2D eigenvalue weighted by molar-refractivity contribution is 0.102. The van der Waals surface area contributed by atoms with Crippen LogP contribution in [0.2, 0.25) is 0 Å². The minimum atomic E-state index is -0.217. The third-order valence-corrected chi connectivity index (χ3v) is 5.36. The molecular formula is C19H14N4O2S. The molecular weight excluding hydrogens is 348 g/mol. The molecule has 128 valence electrons. The first-order valence-electron chi connectivity index (χ1n) is 8.37. The third-order valence-electron chi connectivity index (χ3n) is 4.36. The molecule has 0 aliphatic heterocycles. The summed E-state index contributed by atoms with van der Waals surface area (Å²) in [5.41, 5.74) is 2.17. The van der Waals surface area contributed by atoms with Crippen LogP contribution in [0.5, 0.6) is 0 Å². The number of hydrogen-bond acceptors (Lipinski definition) is 6. The monoisotopic (exact) mass is 362 g/mol. The van der Waals surface area contributed by atoms with Crippen LogP contribution in [-0.2, 0) is 0 Å². The Balaban J connectivity index is 1.45. The summed E-state index contributed by atoms with van der Waals surface area (Å²) < 4.78 is 5.49. The number of nitrogens with one attached hydrogen (secondary N) is 1. The van der Waals surface area contributed by atoms with E-state index in [4.69, 9.17) is 4.52 Å².